The molecule has 0 aliphatic carbocycles. The highest BCUT2D eigenvalue weighted by atomic mass is 16.5. The first kappa shape index (κ1) is 27.2. The van der Waals surface area contributed by atoms with Crippen molar-refractivity contribution in [3.05, 3.63) is 94.8 Å². The van der Waals surface area contributed by atoms with Crippen molar-refractivity contribution >= 4 is 28.6 Å². The lowest BCUT2D eigenvalue weighted by molar-refractivity contribution is 0.0945. The Kier molecular flexibility index (Phi) is 7.83. The fraction of sp³-hybridized carbons (Fsp3) is 0.172. The van der Waals surface area contributed by atoms with Gasteiger partial charge in [-0.3, -0.25) is 14.2 Å². The Hall–Kier alpha value is -5.36. The van der Waals surface area contributed by atoms with Crippen molar-refractivity contribution < 1.29 is 14.6 Å². The van der Waals surface area contributed by atoms with Gasteiger partial charge in [-0.25, -0.2) is 15.0 Å². The largest absolute Gasteiger partial charge is 0.481 e. The minimum Gasteiger partial charge on any atom is -0.481 e. The maximum absolute atomic E-state index is 14.3. The monoisotopic (exact) mass is 552 g/mol. The predicted octanol–water partition coefficient (Wildman–Crippen LogP) is 2.72. The van der Waals surface area contributed by atoms with Gasteiger partial charge in [0.15, 0.2) is 0 Å². The molecule has 5 rings (SSSR count). The van der Waals surface area contributed by atoms with Crippen LogP contribution in [0, 0.1) is 0 Å². The minimum atomic E-state index is -0.615. The number of nitrogens with one attached hydrogen (secondary N) is 2. The number of aliphatic hydroxyl groups excluding tert-OH is 1. The lowest BCUT2D eigenvalue weighted by Crippen LogP contribution is -2.30. The van der Waals surface area contributed by atoms with Gasteiger partial charge >= 0.3 is 0 Å². The summed E-state index contributed by atoms with van der Waals surface area (Å²) in [5.74, 6) is 0.443. The molecule has 12 nitrogen and oxygen atoms in total. The second kappa shape index (κ2) is 11.8. The van der Waals surface area contributed by atoms with E-state index in [0.29, 0.717) is 33.9 Å². The van der Waals surface area contributed by atoms with Crippen molar-refractivity contribution in [1.29, 1.82) is 0 Å². The zero-order valence-electron chi connectivity index (χ0n) is 22.4. The van der Waals surface area contributed by atoms with E-state index < -0.39 is 11.9 Å². The van der Waals surface area contributed by atoms with E-state index in [1.165, 1.54) is 17.9 Å². The normalized spacial score (nSPS) is 11.7. The number of pyridine rings is 1. The third-order valence-corrected chi connectivity index (χ3v) is 6.38. The molecule has 41 heavy (non-hydrogen) atoms. The summed E-state index contributed by atoms with van der Waals surface area (Å²) in [5.41, 5.74) is 8.23. The van der Waals surface area contributed by atoms with Crippen LogP contribution in [0.2, 0.25) is 0 Å². The van der Waals surface area contributed by atoms with E-state index in [1.54, 1.807) is 25.3 Å². The fourth-order valence-electron chi connectivity index (χ4n) is 4.50. The molecule has 208 valence electrons. The SMILES string of the molecule is COc1cc(-c2cccc3nc([C@H](C)Nc4nc(N)ncc4C(=O)NCCO)n(-c4ccccc4)c(=O)c23)ccn1. The first-order chi connectivity index (χ1) is 19.9. The van der Waals surface area contributed by atoms with E-state index >= 15 is 0 Å². The number of ether oxygens (including phenoxy) is 1. The lowest BCUT2D eigenvalue weighted by atomic mass is 10.0. The Morgan fingerprint density at radius 2 is 1.90 bits per heavy atom. The summed E-state index contributed by atoms with van der Waals surface area (Å²) in [7, 11) is 1.53. The van der Waals surface area contributed by atoms with Crippen LogP contribution in [-0.4, -0.2) is 55.8 Å². The zero-order chi connectivity index (χ0) is 28.9. The van der Waals surface area contributed by atoms with Crippen LogP contribution in [0.25, 0.3) is 27.7 Å². The number of rotatable bonds is 9. The number of anilines is 2. The number of benzene rings is 2. The average Bonchev–Trinajstić information content (AvgIpc) is 3.00. The molecular formula is C29H28N8O4. The Balaban J connectivity index is 1.68. The van der Waals surface area contributed by atoms with Crippen LogP contribution in [0.5, 0.6) is 5.88 Å². The second-order valence-electron chi connectivity index (χ2n) is 9.07. The number of nitrogen functional groups attached to an aromatic ring is 1. The molecule has 0 aliphatic heterocycles. The molecule has 1 atom stereocenters. The van der Waals surface area contributed by atoms with Gasteiger partial charge in [0.2, 0.25) is 11.8 Å². The first-order valence-electron chi connectivity index (χ1n) is 12.8. The standard InChI is InChI=1S/C29H28N8O4/c1-17(34-25-21(16-33-29(30)36-25)27(39)32-13-14-38)26-35-22-10-6-9-20(18-11-12-31-23(15-18)41-2)24(22)28(40)37(26)19-7-4-3-5-8-19/h3-12,15-17,38H,13-14H2,1-2H3,(H,32,39)(H3,30,33,34,36)/t17-/m0/s1. The molecule has 2 aromatic carbocycles. The van der Waals surface area contributed by atoms with Crippen molar-refractivity contribution in [2.45, 2.75) is 13.0 Å². The highest BCUT2D eigenvalue weighted by Crippen LogP contribution is 2.29. The Morgan fingerprint density at radius 3 is 2.66 bits per heavy atom. The molecule has 5 aromatic rings. The van der Waals surface area contributed by atoms with Crippen molar-refractivity contribution in [3.8, 4) is 22.7 Å². The van der Waals surface area contributed by atoms with Crippen molar-refractivity contribution in [2.24, 2.45) is 0 Å². The predicted molar refractivity (Wildman–Crippen MR) is 155 cm³/mol. The highest BCUT2D eigenvalue weighted by molar-refractivity contribution is 5.98. The van der Waals surface area contributed by atoms with E-state index in [-0.39, 0.29) is 36.0 Å². The molecule has 0 spiro atoms. The maximum Gasteiger partial charge on any atom is 0.266 e. The molecule has 1 amide bonds. The number of nitrogens with two attached hydrogens (primary N) is 1. The second-order valence-corrected chi connectivity index (χ2v) is 9.07. The third-order valence-electron chi connectivity index (χ3n) is 6.38. The number of amides is 1. The number of methoxy groups -OCH3 is 1. The van der Waals surface area contributed by atoms with Gasteiger partial charge < -0.3 is 26.2 Å². The van der Waals surface area contributed by atoms with Crippen LogP contribution >= 0.6 is 0 Å². The van der Waals surface area contributed by atoms with Crippen LogP contribution in [-0.2, 0) is 0 Å². The quantitative estimate of drug-likeness (QED) is 0.213. The molecule has 0 saturated carbocycles. The van der Waals surface area contributed by atoms with Gasteiger partial charge in [0.05, 0.1) is 36.3 Å². The van der Waals surface area contributed by atoms with E-state index in [9.17, 15) is 9.59 Å². The van der Waals surface area contributed by atoms with Crippen LogP contribution in [0.15, 0.2) is 77.9 Å². The number of hydrogen-bond acceptors (Lipinski definition) is 10. The lowest BCUT2D eigenvalue weighted by Gasteiger charge is -2.21. The number of nitrogens with zero attached hydrogens (tertiary/aromatic N) is 5. The molecule has 0 aliphatic rings. The van der Waals surface area contributed by atoms with Crippen LogP contribution < -0.4 is 26.7 Å². The molecule has 3 aromatic heterocycles. The van der Waals surface area contributed by atoms with Crippen molar-refractivity contribution in [3.63, 3.8) is 0 Å². The van der Waals surface area contributed by atoms with Crippen LogP contribution in [0.4, 0.5) is 11.8 Å². The van der Waals surface area contributed by atoms with Gasteiger partial charge in [0, 0.05) is 25.0 Å². The summed E-state index contributed by atoms with van der Waals surface area (Å²) < 4.78 is 6.84. The number of para-hydroxylation sites is 1. The molecule has 0 saturated heterocycles. The summed E-state index contributed by atoms with van der Waals surface area (Å²) in [4.78, 5) is 44.3. The van der Waals surface area contributed by atoms with E-state index in [1.807, 2.05) is 48.5 Å². The van der Waals surface area contributed by atoms with E-state index in [4.69, 9.17) is 20.6 Å². The fourth-order valence-corrected chi connectivity index (χ4v) is 4.50. The average molecular weight is 553 g/mol. The molecule has 0 bridgehead atoms. The molecule has 0 fully saturated rings. The van der Waals surface area contributed by atoms with Crippen molar-refractivity contribution in [1.82, 2.24) is 29.8 Å². The van der Waals surface area contributed by atoms with E-state index in [2.05, 4.69) is 25.6 Å². The highest BCUT2D eigenvalue weighted by Gasteiger charge is 2.23. The number of hydrogen-bond donors (Lipinski definition) is 4. The van der Waals surface area contributed by atoms with Gasteiger partial charge in [0.1, 0.15) is 17.2 Å². The zero-order valence-corrected chi connectivity index (χ0v) is 22.4. The summed E-state index contributed by atoms with van der Waals surface area (Å²) >= 11 is 0. The van der Waals surface area contributed by atoms with Gasteiger partial charge in [0.25, 0.3) is 11.5 Å². The van der Waals surface area contributed by atoms with Gasteiger partial charge in [-0.05, 0) is 42.3 Å². The number of carbonyl (C=O) groups excluding carboxylic acids is 1. The molecule has 3 heterocycles. The molecular weight excluding hydrogens is 524 g/mol. The number of carbonyl (C=O) groups is 1. The third kappa shape index (κ3) is 5.54. The molecule has 5 N–H and O–H groups in total. The van der Waals surface area contributed by atoms with Crippen LogP contribution in [0.1, 0.15) is 29.1 Å². The topological polar surface area (TPSA) is 170 Å². The van der Waals surface area contributed by atoms with Gasteiger partial charge in [-0.15, -0.1) is 0 Å². The van der Waals surface area contributed by atoms with E-state index in [0.717, 1.165) is 5.56 Å². The van der Waals surface area contributed by atoms with Crippen LogP contribution in [0.3, 0.4) is 0 Å². The summed E-state index contributed by atoms with van der Waals surface area (Å²) in [5, 5.41) is 15.3. The molecule has 0 unspecified atom stereocenters. The smallest absolute Gasteiger partial charge is 0.266 e. The number of aromatic nitrogens is 5. The first-order valence-corrected chi connectivity index (χ1v) is 12.8. The minimum absolute atomic E-state index is 0.0391. The Morgan fingerprint density at radius 1 is 1.10 bits per heavy atom. The summed E-state index contributed by atoms with van der Waals surface area (Å²) in [6.45, 7) is 1.64. The Bertz CT molecular complexity index is 1780. The van der Waals surface area contributed by atoms with Gasteiger partial charge in [-0.2, -0.15) is 4.98 Å². The molecule has 0 radical (unpaired) electrons. The molecule has 12 heteroatoms. The maximum atomic E-state index is 14.3. The number of fused-ring (bicyclic) bond motifs is 1. The number of aliphatic hydroxyl groups is 1. The summed E-state index contributed by atoms with van der Waals surface area (Å²) in [6, 6.07) is 17.6. The van der Waals surface area contributed by atoms with Gasteiger partial charge in [-0.1, -0.05) is 30.3 Å². The Labute approximate surface area is 234 Å². The summed E-state index contributed by atoms with van der Waals surface area (Å²) in [6.07, 6.45) is 2.93. The van der Waals surface area contributed by atoms with Crippen molar-refractivity contribution in [2.75, 3.05) is 31.3 Å².